The summed E-state index contributed by atoms with van der Waals surface area (Å²) in [4.78, 5) is 25.1. The maximum Gasteiger partial charge on any atom is 0.421 e. The Labute approximate surface area is 221 Å². The zero-order chi connectivity index (χ0) is 26.7. The van der Waals surface area contributed by atoms with E-state index < -0.39 is 11.7 Å². The lowest BCUT2D eigenvalue weighted by atomic mass is 9.85. The Hall–Kier alpha value is -3.08. The molecule has 1 aliphatic carbocycles. The average Bonchev–Trinajstić information content (AvgIpc) is 3.23. The molecule has 2 atom stereocenters. The number of halogens is 3. The van der Waals surface area contributed by atoms with Crippen molar-refractivity contribution in [2.45, 2.75) is 57.7 Å². The molecule has 0 spiro atoms. The highest BCUT2D eigenvalue weighted by atomic mass is 19.4. The van der Waals surface area contributed by atoms with Crippen molar-refractivity contribution >= 4 is 29.0 Å². The third-order valence-electron chi connectivity index (χ3n) is 7.91. The fourth-order valence-electron chi connectivity index (χ4n) is 5.44. The Bertz CT molecular complexity index is 1140. The van der Waals surface area contributed by atoms with Gasteiger partial charge >= 0.3 is 6.18 Å². The summed E-state index contributed by atoms with van der Waals surface area (Å²) in [6, 6.07) is 6.73. The number of piperazine rings is 1. The van der Waals surface area contributed by atoms with Crippen LogP contribution < -0.4 is 20.9 Å². The van der Waals surface area contributed by atoms with Crippen LogP contribution in [0.2, 0.25) is 0 Å². The number of hydrogen-bond donors (Lipinski definition) is 3. The first-order valence-corrected chi connectivity index (χ1v) is 13.7. The summed E-state index contributed by atoms with van der Waals surface area (Å²) >= 11 is 0. The van der Waals surface area contributed by atoms with Crippen molar-refractivity contribution in [1.82, 2.24) is 20.2 Å². The first-order valence-electron chi connectivity index (χ1n) is 13.7. The SMILES string of the molecule is CCc1cc(N2CCN3CCC2C3)ccc1Nc1ncc(C(F)(F)F)c(NCCCNC(=O)C2CCC2)n1. The second-order valence-electron chi connectivity index (χ2n) is 10.4. The third-order valence-corrected chi connectivity index (χ3v) is 7.91. The second-order valence-corrected chi connectivity index (χ2v) is 10.4. The summed E-state index contributed by atoms with van der Waals surface area (Å²) < 4.78 is 40.9. The molecule has 1 saturated carbocycles. The standard InChI is InChI=1S/C27H36F3N7O/c1-2-18-15-20(37-14-13-36-12-9-21(37)17-36)7-8-23(18)34-26-33-16-22(27(28,29)30)24(35-26)31-10-4-11-32-25(38)19-5-3-6-19/h7-8,15-16,19,21H,2-6,9-14,17H2,1H3,(H,32,38)(H2,31,33,34,35). The summed E-state index contributed by atoms with van der Waals surface area (Å²) in [6.45, 7) is 7.03. The average molecular weight is 532 g/mol. The van der Waals surface area contributed by atoms with Gasteiger partial charge in [0.25, 0.3) is 0 Å². The lowest BCUT2D eigenvalue weighted by Gasteiger charge is -2.36. The van der Waals surface area contributed by atoms with Crippen LogP contribution in [0.15, 0.2) is 24.4 Å². The van der Waals surface area contributed by atoms with E-state index in [0.29, 0.717) is 19.0 Å². The van der Waals surface area contributed by atoms with E-state index in [1.54, 1.807) is 0 Å². The summed E-state index contributed by atoms with van der Waals surface area (Å²) in [7, 11) is 0. The highest BCUT2D eigenvalue weighted by Crippen LogP contribution is 2.35. The van der Waals surface area contributed by atoms with Gasteiger partial charge in [-0.05, 0) is 55.9 Å². The van der Waals surface area contributed by atoms with Gasteiger partial charge in [0.15, 0.2) is 0 Å². The normalized spacial score (nSPS) is 21.2. The molecular weight excluding hydrogens is 495 g/mol. The lowest BCUT2D eigenvalue weighted by Crippen LogP contribution is -2.46. The van der Waals surface area contributed by atoms with Crippen molar-refractivity contribution < 1.29 is 18.0 Å². The molecule has 2 unspecified atom stereocenters. The molecule has 5 rings (SSSR count). The number of fused-ring (bicyclic) bond motifs is 2. The van der Waals surface area contributed by atoms with Crippen LogP contribution in [0.3, 0.4) is 0 Å². The van der Waals surface area contributed by atoms with E-state index in [-0.39, 0.29) is 30.1 Å². The number of anilines is 4. The maximum atomic E-state index is 13.6. The van der Waals surface area contributed by atoms with Gasteiger partial charge in [-0.25, -0.2) is 4.98 Å². The monoisotopic (exact) mass is 531 g/mol. The van der Waals surface area contributed by atoms with E-state index in [1.807, 2.05) is 6.07 Å². The van der Waals surface area contributed by atoms with Crippen LogP contribution in [0.4, 0.5) is 36.3 Å². The Morgan fingerprint density at radius 2 is 1.97 bits per heavy atom. The summed E-state index contributed by atoms with van der Waals surface area (Å²) in [5.41, 5.74) is 2.11. The molecule has 2 bridgehead atoms. The van der Waals surface area contributed by atoms with Crippen LogP contribution in [0.5, 0.6) is 0 Å². The van der Waals surface area contributed by atoms with Crippen molar-refractivity contribution in [1.29, 1.82) is 0 Å². The topological polar surface area (TPSA) is 85.4 Å². The number of rotatable bonds is 10. The third kappa shape index (κ3) is 5.98. The Morgan fingerprint density at radius 1 is 1.13 bits per heavy atom. The van der Waals surface area contributed by atoms with Gasteiger partial charge in [-0.2, -0.15) is 18.2 Å². The first-order chi connectivity index (χ1) is 18.3. The minimum absolute atomic E-state index is 0.0315. The Kier molecular flexibility index (Phi) is 7.92. The van der Waals surface area contributed by atoms with E-state index in [1.165, 1.54) is 12.1 Å². The molecule has 1 aromatic carbocycles. The van der Waals surface area contributed by atoms with Crippen LogP contribution in [0.25, 0.3) is 0 Å². The van der Waals surface area contributed by atoms with Crippen molar-refractivity contribution in [2.75, 3.05) is 54.8 Å². The maximum absolute atomic E-state index is 13.6. The minimum atomic E-state index is -4.58. The van der Waals surface area contributed by atoms with Crippen molar-refractivity contribution in [3.63, 3.8) is 0 Å². The molecule has 2 aromatic rings. The Balaban J connectivity index is 1.25. The predicted octanol–water partition coefficient (Wildman–Crippen LogP) is 4.41. The fourth-order valence-corrected chi connectivity index (χ4v) is 5.44. The number of nitrogens with zero attached hydrogens (tertiary/aromatic N) is 4. The van der Waals surface area contributed by atoms with Gasteiger partial charge < -0.3 is 20.9 Å². The van der Waals surface area contributed by atoms with Gasteiger partial charge in [0, 0.05) is 68.8 Å². The molecule has 11 heteroatoms. The van der Waals surface area contributed by atoms with E-state index in [4.69, 9.17) is 0 Å². The van der Waals surface area contributed by atoms with Crippen LogP contribution in [-0.4, -0.2) is 66.1 Å². The second kappa shape index (κ2) is 11.3. The van der Waals surface area contributed by atoms with Crippen molar-refractivity contribution in [2.24, 2.45) is 5.92 Å². The lowest BCUT2D eigenvalue weighted by molar-refractivity contribution is -0.137. The molecule has 38 heavy (non-hydrogen) atoms. The molecule has 3 aliphatic rings. The quantitative estimate of drug-likeness (QED) is 0.392. The van der Waals surface area contributed by atoms with Gasteiger partial charge in [0.05, 0.1) is 0 Å². The molecule has 3 fully saturated rings. The van der Waals surface area contributed by atoms with E-state index in [9.17, 15) is 18.0 Å². The smallest absolute Gasteiger partial charge is 0.369 e. The van der Waals surface area contributed by atoms with Crippen molar-refractivity contribution in [3.05, 3.63) is 35.5 Å². The largest absolute Gasteiger partial charge is 0.421 e. The molecule has 1 amide bonds. The van der Waals surface area contributed by atoms with Crippen LogP contribution in [0.1, 0.15) is 50.2 Å². The van der Waals surface area contributed by atoms with Crippen molar-refractivity contribution in [3.8, 4) is 0 Å². The number of aromatic nitrogens is 2. The van der Waals surface area contributed by atoms with Gasteiger partial charge in [0.1, 0.15) is 11.4 Å². The number of hydrogen-bond acceptors (Lipinski definition) is 7. The van der Waals surface area contributed by atoms with Gasteiger partial charge in [-0.3, -0.25) is 9.69 Å². The van der Waals surface area contributed by atoms with E-state index >= 15 is 0 Å². The van der Waals surface area contributed by atoms with Crippen LogP contribution in [0, 0.1) is 5.92 Å². The van der Waals surface area contributed by atoms with Crippen LogP contribution >= 0.6 is 0 Å². The number of carbonyl (C=O) groups is 1. The predicted molar refractivity (Wildman–Crippen MR) is 142 cm³/mol. The Morgan fingerprint density at radius 3 is 2.71 bits per heavy atom. The molecule has 0 radical (unpaired) electrons. The zero-order valence-electron chi connectivity index (χ0n) is 21.8. The minimum Gasteiger partial charge on any atom is -0.369 e. The molecule has 8 nitrogen and oxygen atoms in total. The summed E-state index contributed by atoms with van der Waals surface area (Å²) in [5, 5.41) is 8.79. The molecular formula is C27H36F3N7O. The number of nitrogens with one attached hydrogen (secondary N) is 3. The summed E-state index contributed by atoms with van der Waals surface area (Å²) in [5.74, 6) is -0.0472. The van der Waals surface area contributed by atoms with Gasteiger partial charge in [-0.15, -0.1) is 0 Å². The van der Waals surface area contributed by atoms with E-state index in [0.717, 1.165) is 69.3 Å². The molecule has 2 saturated heterocycles. The number of amides is 1. The zero-order valence-corrected chi connectivity index (χ0v) is 21.8. The number of alkyl halides is 3. The highest BCUT2D eigenvalue weighted by molar-refractivity contribution is 5.79. The number of benzene rings is 1. The molecule has 2 aliphatic heterocycles. The molecule has 3 N–H and O–H groups in total. The number of aryl methyl sites for hydroxylation is 1. The fraction of sp³-hybridized carbons (Fsp3) is 0.593. The highest BCUT2D eigenvalue weighted by Gasteiger charge is 2.35. The molecule has 1 aromatic heterocycles. The first kappa shape index (κ1) is 26.5. The molecule has 206 valence electrons. The summed E-state index contributed by atoms with van der Waals surface area (Å²) in [6.07, 6.45) is 1.55. The number of carbonyl (C=O) groups excluding carboxylic acids is 1. The van der Waals surface area contributed by atoms with E-state index in [2.05, 4.69) is 54.8 Å². The van der Waals surface area contributed by atoms with Crippen LogP contribution in [-0.2, 0) is 17.4 Å². The molecule has 3 heterocycles. The van der Waals surface area contributed by atoms with Gasteiger partial charge in [-0.1, -0.05) is 13.3 Å². The van der Waals surface area contributed by atoms with Gasteiger partial charge in [0.2, 0.25) is 11.9 Å².